The summed E-state index contributed by atoms with van der Waals surface area (Å²) in [6, 6.07) is 0.572. The second-order valence-electron chi connectivity index (χ2n) is 4.22. The number of hydrogen-bond acceptors (Lipinski definition) is 4. The van der Waals surface area contributed by atoms with Crippen molar-refractivity contribution in [1.82, 2.24) is 16.0 Å². The fourth-order valence-corrected chi connectivity index (χ4v) is 1.27. The van der Waals surface area contributed by atoms with Crippen molar-refractivity contribution in [3.63, 3.8) is 0 Å². The van der Waals surface area contributed by atoms with Crippen molar-refractivity contribution >= 4 is 0 Å². The van der Waals surface area contributed by atoms with E-state index in [-0.39, 0.29) is 0 Å². The Bertz CT molecular complexity index is 131. The minimum Gasteiger partial charge on any atom is -0.379 e. The Morgan fingerprint density at radius 2 is 1.50 bits per heavy atom. The minimum absolute atomic E-state index is 0.572. The van der Waals surface area contributed by atoms with Crippen LogP contribution in [-0.2, 0) is 4.74 Å². The van der Waals surface area contributed by atoms with Crippen molar-refractivity contribution < 1.29 is 4.74 Å². The van der Waals surface area contributed by atoms with Gasteiger partial charge in [0.05, 0.1) is 13.2 Å². The van der Waals surface area contributed by atoms with E-state index >= 15 is 0 Å². The van der Waals surface area contributed by atoms with E-state index in [1.807, 2.05) is 0 Å². The van der Waals surface area contributed by atoms with Crippen molar-refractivity contribution in [1.29, 1.82) is 0 Å². The highest BCUT2D eigenvalue weighted by molar-refractivity contribution is 4.55. The zero-order chi connectivity index (χ0) is 12.1. The Labute approximate surface area is 101 Å². The molecule has 16 heavy (non-hydrogen) atoms. The summed E-state index contributed by atoms with van der Waals surface area (Å²) in [6.07, 6.45) is 1.18. The number of rotatable bonds is 12. The molecule has 0 aliphatic heterocycles. The van der Waals surface area contributed by atoms with Crippen molar-refractivity contribution in [2.75, 3.05) is 45.9 Å². The van der Waals surface area contributed by atoms with E-state index in [2.05, 4.69) is 36.7 Å². The van der Waals surface area contributed by atoms with Gasteiger partial charge in [0, 0.05) is 32.2 Å². The van der Waals surface area contributed by atoms with Crippen LogP contribution in [-0.4, -0.2) is 52.0 Å². The zero-order valence-electron chi connectivity index (χ0n) is 11.1. The predicted molar refractivity (Wildman–Crippen MR) is 70.0 cm³/mol. The minimum atomic E-state index is 0.572. The van der Waals surface area contributed by atoms with Crippen LogP contribution >= 0.6 is 0 Å². The first-order valence-electron chi connectivity index (χ1n) is 6.50. The summed E-state index contributed by atoms with van der Waals surface area (Å²) in [4.78, 5) is 0. The lowest BCUT2D eigenvalue weighted by atomic mass is 10.4. The predicted octanol–water partition coefficient (Wildman–Crippen LogP) is 0.590. The van der Waals surface area contributed by atoms with Crippen LogP contribution in [0.5, 0.6) is 0 Å². The van der Waals surface area contributed by atoms with Crippen LogP contribution in [0.2, 0.25) is 0 Å². The van der Waals surface area contributed by atoms with Gasteiger partial charge in [0.15, 0.2) is 0 Å². The van der Waals surface area contributed by atoms with Crippen LogP contribution in [0.25, 0.3) is 0 Å². The molecule has 98 valence electrons. The summed E-state index contributed by atoms with van der Waals surface area (Å²) in [5, 5.41) is 10.00. The van der Waals surface area contributed by atoms with Gasteiger partial charge < -0.3 is 20.7 Å². The van der Waals surface area contributed by atoms with Gasteiger partial charge in [-0.15, -0.1) is 0 Å². The molecule has 0 aliphatic carbocycles. The lowest BCUT2D eigenvalue weighted by molar-refractivity contribution is 0.138. The molecule has 0 spiro atoms. The van der Waals surface area contributed by atoms with E-state index in [0.29, 0.717) is 6.04 Å². The van der Waals surface area contributed by atoms with Gasteiger partial charge in [0.1, 0.15) is 0 Å². The Balaban J connectivity index is 2.88. The van der Waals surface area contributed by atoms with Crippen molar-refractivity contribution in [2.24, 2.45) is 0 Å². The van der Waals surface area contributed by atoms with Crippen LogP contribution in [0.15, 0.2) is 0 Å². The summed E-state index contributed by atoms with van der Waals surface area (Å²) in [7, 11) is 0. The largest absolute Gasteiger partial charge is 0.379 e. The number of ether oxygens (including phenoxy) is 1. The Morgan fingerprint density at radius 1 is 0.875 bits per heavy atom. The lowest BCUT2D eigenvalue weighted by Gasteiger charge is -2.09. The van der Waals surface area contributed by atoms with Crippen molar-refractivity contribution in [3.05, 3.63) is 0 Å². The summed E-state index contributed by atoms with van der Waals surface area (Å²) >= 11 is 0. The average molecular weight is 231 g/mol. The monoisotopic (exact) mass is 231 g/mol. The highest BCUT2D eigenvalue weighted by Crippen LogP contribution is 1.75. The molecule has 3 N–H and O–H groups in total. The normalized spacial score (nSPS) is 11.2. The van der Waals surface area contributed by atoms with E-state index in [0.717, 1.165) is 45.9 Å². The highest BCUT2D eigenvalue weighted by atomic mass is 16.5. The molecule has 4 heteroatoms. The van der Waals surface area contributed by atoms with Crippen LogP contribution in [0.3, 0.4) is 0 Å². The van der Waals surface area contributed by atoms with E-state index in [1.54, 1.807) is 0 Å². The molecule has 0 fully saturated rings. The molecule has 0 atom stereocenters. The zero-order valence-corrected chi connectivity index (χ0v) is 11.1. The van der Waals surface area contributed by atoms with Crippen molar-refractivity contribution in [3.8, 4) is 0 Å². The third-order valence-electron chi connectivity index (χ3n) is 2.13. The molecule has 4 nitrogen and oxygen atoms in total. The topological polar surface area (TPSA) is 45.3 Å². The average Bonchev–Trinajstić information content (AvgIpc) is 2.25. The van der Waals surface area contributed by atoms with Gasteiger partial charge in [-0.1, -0.05) is 20.8 Å². The third kappa shape index (κ3) is 13.8. The molecule has 0 rings (SSSR count). The molecule has 0 unspecified atom stereocenters. The maximum atomic E-state index is 5.46. The van der Waals surface area contributed by atoms with E-state index in [1.165, 1.54) is 6.42 Å². The first-order valence-corrected chi connectivity index (χ1v) is 6.50. The number of nitrogens with one attached hydrogen (secondary N) is 3. The van der Waals surface area contributed by atoms with Crippen LogP contribution in [0.1, 0.15) is 27.2 Å². The fourth-order valence-electron chi connectivity index (χ4n) is 1.27. The van der Waals surface area contributed by atoms with Gasteiger partial charge in [-0.05, 0) is 13.0 Å². The molecular weight excluding hydrogens is 202 g/mol. The van der Waals surface area contributed by atoms with Gasteiger partial charge in [-0.3, -0.25) is 0 Å². The van der Waals surface area contributed by atoms with Gasteiger partial charge >= 0.3 is 0 Å². The Morgan fingerprint density at radius 3 is 2.06 bits per heavy atom. The van der Waals surface area contributed by atoms with Crippen LogP contribution in [0, 0.1) is 0 Å². The molecule has 0 aromatic rings. The molecule has 0 bridgehead atoms. The van der Waals surface area contributed by atoms with Crippen LogP contribution < -0.4 is 16.0 Å². The molecule has 0 heterocycles. The smallest absolute Gasteiger partial charge is 0.0591 e. The van der Waals surface area contributed by atoms with Gasteiger partial charge in [-0.25, -0.2) is 0 Å². The molecule has 0 radical (unpaired) electrons. The summed E-state index contributed by atoms with van der Waals surface area (Å²) in [5.74, 6) is 0. The Hall–Kier alpha value is -0.160. The van der Waals surface area contributed by atoms with E-state index in [4.69, 9.17) is 4.74 Å². The summed E-state index contributed by atoms with van der Waals surface area (Å²) in [6.45, 7) is 13.1. The molecule has 0 saturated heterocycles. The highest BCUT2D eigenvalue weighted by Gasteiger charge is 1.91. The molecule has 0 aromatic heterocycles. The van der Waals surface area contributed by atoms with Crippen molar-refractivity contribution in [2.45, 2.75) is 33.2 Å². The van der Waals surface area contributed by atoms with Gasteiger partial charge in [0.25, 0.3) is 0 Å². The summed E-state index contributed by atoms with van der Waals surface area (Å²) in [5.41, 5.74) is 0. The third-order valence-corrected chi connectivity index (χ3v) is 2.13. The second kappa shape index (κ2) is 12.9. The Kier molecular flexibility index (Phi) is 12.8. The fraction of sp³-hybridized carbons (Fsp3) is 1.00. The standard InChI is InChI=1S/C12H29N3O/c1-4-5-13-8-10-16-11-9-14-6-7-15-12(2)3/h12-15H,4-11H2,1-3H3. The molecule has 0 aliphatic rings. The molecule has 0 aromatic carbocycles. The number of hydrogen-bond donors (Lipinski definition) is 3. The SMILES string of the molecule is CCCNCCOCCNCCNC(C)C. The van der Waals surface area contributed by atoms with Gasteiger partial charge in [0.2, 0.25) is 0 Å². The molecule has 0 amide bonds. The maximum Gasteiger partial charge on any atom is 0.0591 e. The van der Waals surface area contributed by atoms with E-state index in [9.17, 15) is 0 Å². The molecular formula is C12H29N3O. The molecule has 0 saturated carbocycles. The second-order valence-corrected chi connectivity index (χ2v) is 4.22. The van der Waals surface area contributed by atoms with E-state index < -0.39 is 0 Å². The lowest BCUT2D eigenvalue weighted by Crippen LogP contribution is -2.33. The quantitative estimate of drug-likeness (QED) is 0.430. The first kappa shape index (κ1) is 15.8. The summed E-state index contributed by atoms with van der Waals surface area (Å²) < 4.78 is 5.46. The maximum absolute atomic E-state index is 5.46. The van der Waals surface area contributed by atoms with Crippen LogP contribution in [0.4, 0.5) is 0 Å². The van der Waals surface area contributed by atoms with Gasteiger partial charge in [-0.2, -0.15) is 0 Å². The first-order chi connectivity index (χ1) is 7.77.